The zero-order chi connectivity index (χ0) is 17.5. The van der Waals surface area contributed by atoms with Crippen molar-refractivity contribution in [1.82, 2.24) is 15.3 Å². The highest BCUT2D eigenvalue weighted by Crippen LogP contribution is 2.10. The Morgan fingerprint density at radius 3 is 2.48 bits per heavy atom. The molecular weight excluding hydrogens is 336 g/mol. The first-order valence-corrected chi connectivity index (χ1v) is 8.20. The summed E-state index contributed by atoms with van der Waals surface area (Å²) in [6.07, 6.45) is 5.19. The van der Waals surface area contributed by atoms with E-state index in [9.17, 15) is 4.79 Å². The molecule has 0 aliphatic heterocycles. The topological polar surface area (TPSA) is 66.9 Å². The molecule has 25 heavy (non-hydrogen) atoms. The average molecular weight is 353 g/mol. The average Bonchev–Trinajstić information content (AvgIpc) is 2.67. The van der Waals surface area contributed by atoms with E-state index in [1.54, 1.807) is 36.8 Å². The molecule has 0 bridgehead atoms. The molecule has 2 N–H and O–H groups in total. The number of benzene rings is 1. The molecule has 0 aliphatic carbocycles. The summed E-state index contributed by atoms with van der Waals surface area (Å²) in [5.74, 6) is -0.214. The number of halogens is 1. The van der Waals surface area contributed by atoms with Crippen LogP contribution in [0.1, 0.15) is 21.6 Å². The Bertz CT molecular complexity index is 820. The highest BCUT2D eigenvalue weighted by Gasteiger charge is 2.07. The van der Waals surface area contributed by atoms with Crippen LogP contribution in [0.4, 0.5) is 5.69 Å². The second-order valence-corrected chi connectivity index (χ2v) is 5.89. The first-order chi connectivity index (χ1) is 12.2. The third-order valence-corrected chi connectivity index (χ3v) is 3.83. The molecule has 0 saturated heterocycles. The summed E-state index contributed by atoms with van der Waals surface area (Å²) in [6, 6.07) is 14.8. The van der Waals surface area contributed by atoms with Crippen LogP contribution in [-0.4, -0.2) is 15.9 Å². The van der Waals surface area contributed by atoms with Crippen molar-refractivity contribution in [2.24, 2.45) is 0 Å². The lowest BCUT2D eigenvalue weighted by Crippen LogP contribution is -2.23. The smallest absolute Gasteiger partial charge is 0.270 e. The number of nitrogens with one attached hydrogen (secondary N) is 2. The molecule has 0 unspecified atom stereocenters. The van der Waals surface area contributed by atoms with Crippen LogP contribution >= 0.6 is 11.6 Å². The van der Waals surface area contributed by atoms with Gasteiger partial charge in [0.2, 0.25) is 0 Å². The van der Waals surface area contributed by atoms with Gasteiger partial charge in [0.15, 0.2) is 0 Å². The molecule has 1 aromatic carbocycles. The second kappa shape index (κ2) is 8.26. The van der Waals surface area contributed by atoms with Crippen LogP contribution in [-0.2, 0) is 13.1 Å². The van der Waals surface area contributed by atoms with E-state index >= 15 is 0 Å². The highest BCUT2D eigenvalue weighted by molar-refractivity contribution is 6.30. The van der Waals surface area contributed by atoms with Crippen LogP contribution < -0.4 is 10.6 Å². The maximum Gasteiger partial charge on any atom is 0.270 e. The van der Waals surface area contributed by atoms with E-state index in [4.69, 9.17) is 11.6 Å². The molecule has 6 heteroatoms. The fourth-order valence-electron chi connectivity index (χ4n) is 2.21. The number of anilines is 1. The molecule has 0 radical (unpaired) electrons. The van der Waals surface area contributed by atoms with E-state index in [0.717, 1.165) is 16.8 Å². The quantitative estimate of drug-likeness (QED) is 0.710. The van der Waals surface area contributed by atoms with E-state index in [0.29, 0.717) is 23.8 Å². The number of hydrogen-bond acceptors (Lipinski definition) is 4. The van der Waals surface area contributed by atoms with Gasteiger partial charge >= 0.3 is 0 Å². The zero-order valence-corrected chi connectivity index (χ0v) is 14.2. The summed E-state index contributed by atoms with van der Waals surface area (Å²) in [7, 11) is 0. The summed E-state index contributed by atoms with van der Waals surface area (Å²) in [6.45, 7) is 1.08. The van der Waals surface area contributed by atoms with Gasteiger partial charge in [0.05, 0.1) is 11.9 Å². The summed E-state index contributed by atoms with van der Waals surface area (Å²) in [5, 5.41) is 6.75. The van der Waals surface area contributed by atoms with Gasteiger partial charge in [0.25, 0.3) is 5.91 Å². The first kappa shape index (κ1) is 16.9. The summed E-state index contributed by atoms with van der Waals surface area (Å²) < 4.78 is 0. The standard InChI is InChI=1S/C19H17ClN4O/c20-16-5-3-14(4-6-16)11-24-19(25)18-8-7-17(13-23-18)22-12-15-2-1-9-21-10-15/h1-10,13,22H,11-12H2,(H,24,25). The molecule has 0 aliphatic rings. The molecular formula is C19H17ClN4O. The van der Waals surface area contributed by atoms with Crippen molar-refractivity contribution < 1.29 is 4.79 Å². The monoisotopic (exact) mass is 352 g/mol. The number of amides is 1. The van der Waals surface area contributed by atoms with Crippen LogP contribution in [0.25, 0.3) is 0 Å². The minimum absolute atomic E-state index is 0.214. The molecule has 5 nitrogen and oxygen atoms in total. The highest BCUT2D eigenvalue weighted by atomic mass is 35.5. The third kappa shape index (κ3) is 5.02. The molecule has 3 aromatic rings. The van der Waals surface area contributed by atoms with Crippen molar-refractivity contribution in [3.05, 3.63) is 89.0 Å². The van der Waals surface area contributed by atoms with Crippen LogP contribution in [0.15, 0.2) is 67.1 Å². The lowest BCUT2D eigenvalue weighted by molar-refractivity contribution is 0.0946. The molecule has 3 rings (SSSR count). The fourth-order valence-corrected chi connectivity index (χ4v) is 2.34. The summed E-state index contributed by atoms with van der Waals surface area (Å²) in [5.41, 5.74) is 3.28. The van der Waals surface area contributed by atoms with Crippen molar-refractivity contribution in [3.8, 4) is 0 Å². The third-order valence-electron chi connectivity index (χ3n) is 3.58. The Labute approximate surface area is 151 Å². The number of pyridine rings is 2. The van der Waals surface area contributed by atoms with E-state index < -0.39 is 0 Å². The Morgan fingerprint density at radius 1 is 0.960 bits per heavy atom. The number of nitrogens with zero attached hydrogens (tertiary/aromatic N) is 2. The van der Waals surface area contributed by atoms with Crippen molar-refractivity contribution in [2.45, 2.75) is 13.1 Å². The van der Waals surface area contributed by atoms with Crippen molar-refractivity contribution >= 4 is 23.2 Å². The van der Waals surface area contributed by atoms with Crippen molar-refractivity contribution in [3.63, 3.8) is 0 Å². The first-order valence-electron chi connectivity index (χ1n) is 7.82. The minimum Gasteiger partial charge on any atom is -0.380 e. The van der Waals surface area contributed by atoms with Gasteiger partial charge in [-0.05, 0) is 41.5 Å². The molecule has 2 aromatic heterocycles. The van der Waals surface area contributed by atoms with Gasteiger partial charge in [-0.3, -0.25) is 9.78 Å². The Hall–Kier alpha value is -2.92. The van der Waals surface area contributed by atoms with Gasteiger partial charge in [-0.1, -0.05) is 29.8 Å². The van der Waals surface area contributed by atoms with Gasteiger partial charge in [-0.15, -0.1) is 0 Å². The van der Waals surface area contributed by atoms with Crippen LogP contribution in [0.5, 0.6) is 0 Å². The normalized spacial score (nSPS) is 10.3. The molecule has 0 atom stereocenters. The van der Waals surface area contributed by atoms with E-state index in [-0.39, 0.29) is 5.91 Å². The predicted molar refractivity (Wildman–Crippen MR) is 98.4 cm³/mol. The number of carbonyl (C=O) groups excluding carboxylic acids is 1. The maximum absolute atomic E-state index is 12.1. The molecule has 2 heterocycles. The van der Waals surface area contributed by atoms with Crippen LogP contribution in [0.2, 0.25) is 5.02 Å². The van der Waals surface area contributed by atoms with Gasteiger partial charge in [0.1, 0.15) is 5.69 Å². The Kier molecular flexibility index (Phi) is 5.59. The molecule has 1 amide bonds. The number of aromatic nitrogens is 2. The fraction of sp³-hybridized carbons (Fsp3) is 0.105. The van der Waals surface area contributed by atoms with Crippen molar-refractivity contribution in [1.29, 1.82) is 0 Å². The SMILES string of the molecule is O=C(NCc1ccc(Cl)cc1)c1ccc(NCc2cccnc2)cn1. The Balaban J connectivity index is 1.52. The predicted octanol–water partition coefficient (Wildman–Crippen LogP) is 3.67. The van der Waals surface area contributed by atoms with Crippen LogP contribution in [0, 0.1) is 0 Å². The van der Waals surface area contributed by atoms with Crippen molar-refractivity contribution in [2.75, 3.05) is 5.32 Å². The van der Waals surface area contributed by atoms with Gasteiger partial charge < -0.3 is 10.6 Å². The lowest BCUT2D eigenvalue weighted by atomic mass is 10.2. The van der Waals surface area contributed by atoms with E-state index in [1.807, 2.05) is 30.3 Å². The van der Waals surface area contributed by atoms with Crippen LogP contribution in [0.3, 0.4) is 0 Å². The lowest BCUT2D eigenvalue weighted by Gasteiger charge is -2.08. The minimum atomic E-state index is -0.214. The van der Waals surface area contributed by atoms with Gasteiger partial charge in [-0.25, -0.2) is 4.98 Å². The molecule has 0 spiro atoms. The van der Waals surface area contributed by atoms with E-state index in [1.165, 1.54) is 0 Å². The molecule has 126 valence electrons. The zero-order valence-electron chi connectivity index (χ0n) is 13.4. The summed E-state index contributed by atoms with van der Waals surface area (Å²) in [4.78, 5) is 20.4. The van der Waals surface area contributed by atoms with E-state index in [2.05, 4.69) is 20.6 Å². The largest absolute Gasteiger partial charge is 0.380 e. The van der Waals surface area contributed by atoms with Gasteiger partial charge in [0, 0.05) is 30.5 Å². The number of hydrogen-bond donors (Lipinski definition) is 2. The molecule has 0 saturated carbocycles. The molecule has 0 fully saturated rings. The van der Waals surface area contributed by atoms with Gasteiger partial charge in [-0.2, -0.15) is 0 Å². The summed E-state index contributed by atoms with van der Waals surface area (Å²) >= 11 is 5.84. The number of rotatable bonds is 6. The second-order valence-electron chi connectivity index (χ2n) is 5.46. The Morgan fingerprint density at radius 2 is 1.80 bits per heavy atom. The number of carbonyl (C=O) groups is 1. The maximum atomic E-state index is 12.1.